The Hall–Kier alpha value is -1.36. The number of aromatic nitrogens is 1. The predicted molar refractivity (Wildman–Crippen MR) is 103 cm³/mol. The van der Waals surface area contributed by atoms with Crippen molar-refractivity contribution in [3.05, 3.63) is 40.1 Å². The second kappa shape index (κ2) is 7.71. The van der Waals surface area contributed by atoms with E-state index in [0.717, 1.165) is 47.1 Å². The van der Waals surface area contributed by atoms with Crippen molar-refractivity contribution in [2.24, 2.45) is 11.8 Å². The maximum absolute atomic E-state index is 9.56. The fraction of sp³-hybridized carbons (Fsp3) is 0.571. The Morgan fingerprint density at radius 2 is 1.92 bits per heavy atom. The van der Waals surface area contributed by atoms with E-state index in [4.69, 9.17) is 16.1 Å². The number of halogens is 1. The first-order chi connectivity index (χ1) is 12.7. The SMILES string of the molecule is C1C[C@@H]2CNC[C@@H]2C1.Cc1cccc(Cl)c1-c1noc(C2CC2)c1CO. The molecule has 1 saturated heterocycles. The van der Waals surface area contributed by atoms with Crippen molar-refractivity contribution < 1.29 is 9.63 Å². The van der Waals surface area contributed by atoms with E-state index < -0.39 is 0 Å². The van der Waals surface area contributed by atoms with Crippen LogP contribution in [0.25, 0.3) is 11.3 Å². The van der Waals surface area contributed by atoms with Gasteiger partial charge in [-0.2, -0.15) is 0 Å². The lowest BCUT2D eigenvalue weighted by atomic mass is 10.0. The molecule has 1 aromatic heterocycles. The van der Waals surface area contributed by atoms with Crippen molar-refractivity contribution in [3.8, 4) is 11.3 Å². The van der Waals surface area contributed by atoms with Crippen molar-refractivity contribution in [2.75, 3.05) is 13.1 Å². The van der Waals surface area contributed by atoms with Crippen LogP contribution in [0, 0.1) is 18.8 Å². The Balaban J connectivity index is 0.000000174. The summed E-state index contributed by atoms with van der Waals surface area (Å²) < 4.78 is 5.41. The van der Waals surface area contributed by atoms with Gasteiger partial charge in [-0.3, -0.25) is 0 Å². The summed E-state index contributed by atoms with van der Waals surface area (Å²) in [7, 11) is 0. The van der Waals surface area contributed by atoms with E-state index in [1.54, 1.807) is 0 Å². The Labute approximate surface area is 159 Å². The van der Waals surface area contributed by atoms with E-state index >= 15 is 0 Å². The standard InChI is InChI=1S/C14H14ClNO2.C7H13N/c1-8-3-2-4-11(15)12(8)13-10(7-17)14(18-16-13)9-5-6-9;1-2-6-4-8-5-7(6)3-1/h2-4,9,17H,5-7H2,1H3;6-8H,1-5H2/t;6-,7+. The monoisotopic (exact) mass is 374 g/mol. The molecular formula is C21H27ClN2O2. The molecule has 2 aliphatic carbocycles. The molecule has 3 aliphatic rings. The normalized spacial score (nSPS) is 24.3. The zero-order valence-corrected chi connectivity index (χ0v) is 16.1. The second-order valence-electron chi connectivity index (χ2n) is 7.85. The number of aliphatic hydroxyl groups is 1. The van der Waals surface area contributed by atoms with Crippen LogP contribution in [-0.2, 0) is 6.61 Å². The highest BCUT2D eigenvalue weighted by molar-refractivity contribution is 6.33. The number of nitrogens with zero attached hydrogens (tertiary/aromatic N) is 1. The van der Waals surface area contributed by atoms with E-state index in [1.807, 2.05) is 25.1 Å². The van der Waals surface area contributed by atoms with E-state index in [1.165, 1.54) is 32.4 Å². The summed E-state index contributed by atoms with van der Waals surface area (Å²) in [5, 5.41) is 17.7. The van der Waals surface area contributed by atoms with Crippen molar-refractivity contribution in [1.29, 1.82) is 0 Å². The van der Waals surface area contributed by atoms with Gasteiger partial charge >= 0.3 is 0 Å². The number of nitrogens with one attached hydrogen (secondary N) is 1. The fourth-order valence-corrected chi connectivity index (χ4v) is 4.69. The van der Waals surface area contributed by atoms with E-state index in [9.17, 15) is 5.11 Å². The topological polar surface area (TPSA) is 58.3 Å². The lowest BCUT2D eigenvalue weighted by Crippen LogP contribution is -2.08. The molecule has 2 atom stereocenters. The van der Waals surface area contributed by atoms with Gasteiger partial charge in [0.1, 0.15) is 11.5 Å². The molecule has 0 unspecified atom stereocenters. The van der Waals surface area contributed by atoms with Gasteiger partial charge in [-0.25, -0.2) is 0 Å². The quantitative estimate of drug-likeness (QED) is 0.819. The van der Waals surface area contributed by atoms with Gasteiger partial charge in [0.2, 0.25) is 0 Å². The second-order valence-corrected chi connectivity index (χ2v) is 8.25. The molecule has 5 rings (SSSR count). The number of hydrogen-bond acceptors (Lipinski definition) is 4. The highest BCUT2D eigenvalue weighted by Crippen LogP contribution is 2.45. The molecule has 0 spiro atoms. The van der Waals surface area contributed by atoms with Gasteiger partial charge in [-0.1, -0.05) is 35.3 Å². The molecule has 2 N–H and O–H groups in total. The minimum atomic E-state index is -0.0602. The van der Waals surface area contributed by atoms with Gasteiger partial charge in [0.05, 0.1) is 11.6 Å². The van der Waals surface area contributed by atoms with Crippen LogP contribution < -0.4 is 5.32 Å². The van der Waals surface area contributed by atoms with Gasteiger partial charge in [-0.15, -0.1) is 0 Å². The van der Waals surface area contributed by atoms with E-state index in [-0.39, 0.29) is 6.61 Å². The van der Waals surface area contributed by atoms with Crippen molar-refractivity contribution in [2.45, 2.75) is 51.6 Å². The average molecular weight is 375 g/mol. The number of rotatable bonds is 3. The van der Waals surface area contributed by atoms with Crippen LogP contribution in [0.15, 0.2) is 22.7 Å². The van der Waals surface area contributed by atoms with Crippen LogP contribution in [0.5, 0.6) is 0 Å². The third-order valence-corrected chi connectivity index (χ3v) is 6.33. The summed E-state index contributed by atoms with van der Waals surface area (Å²) in [6.45, 7) is 4.54. The largest absolute Gasteiger partial charge is 0.391 e. The molecule has 2 heterocycles. The molecule has 1 aliphatic heterocycles. The summed E-state index contributed by atoms with van der Waals surface area (Å²) in [6, 6.07) is 5.71. The van der Waals surface area contributed by atoms with Crippen LogP contribution >= 0.6 is 11.6 Å². The molecule has 0 radical (unpaired) electrons. The molecule has 1 aromatic carbocycles. The smallest absolute Gasteiger partial charge is 0.145 e. The lowest BCUT2D eigenvalue weighted by molar-refractivity contribution is 0.277. The van der Waals surface area contributed by atoms with Gasteiger partial charge in [-0.05, 0) is 69.2 Å². The predicted octanol–water partition coefficient (Wildman–Crippen LogP) is 4.68. The number of aryl methyl sites for hydroxylation is 1. The molecule has 2 aromatic rings. The molecular weight excluding hydrogens is 348 g/mol. The van der Waals surface area contributed by atoms with Crippen molar-refractivity contribution >= 4 is 11.6 Å². The zero-order chi connectivity index (χ0) is 18.1. The molecule has 3 fully saturated rings. The average Bonchev–Trinajstić information content (AvgIpc) is 3.03. The van der Waals surface area contributed by atoms with Crippen LogP contribution in [0.4, 0.5) is 0 Å². The van der Waals surface area contributed by atoms with Gasteiger partial charge in [0.25, 0.3) is 0 Å². The molecule has 2 saturated carbocycles. The highest BCUT2D eigenvalue weighted by Gasteiger charge is 2.33. The zero-order valence-electron chi connectivity index (χ0n) is 15.3. The number of hydrogen-bond donors (Lipinski definition) is 2. The minimum Gasteiger partial charge on any atom is -0.391 e. The first-order valence-electron chi connectivity index (χ1n) is 9.74. The van der Waals surface area contributed by atoms with Crippen LogP contribution in [0.3, 0.4) is 0 Å². The molecule has 4 nitrogen and oxygen atoms in total. The summed E-state index contributed by atoms with van der Waals surface area (Å²) in [6.07, 6.45) is 6.72. The van der Waals surface area contributed by atoms with Crippen molar-refractivity contribution in [1.82, 2.24) is 10.5 Å². The Bertz CT molecular complexity index is 729. The first-order valence-corrected chi connectivity index (χ1v) is 10.1. The minimum absolute atomic E-state index is 0.0602. The lowest BCUT2D eigenvalue weighted by Gasteiger charge is -2.06. The van der Waals surface area contributed by atoms with Crippen LogP contribution in [0.1, 0.15) is 54.9 Å². The van der Waals surface area contributed by atoms with E-state index in [0.29, 0.717) is 16.6 Å². The van der Waals surface area contributed by atoms with Crippen LogP contribution in [0.2, 0.25) is 5.02 Å². The van der Waals surface area contributed by atoms with E-state index in [2.05, 4.69) is 10.5 Å². The number of aliphatic hydroxyl groups excluding tert-OH is 1. The molecule has 140 valence electrons. The molecule has 26 heavy (non-hydrogen) atoms. The maximum atomic E-state index is 9.56. The fourth-order valence-electron chi connectivity index (χ4n) is 4.37. The Morgan fingerprint density at radius 1 is 1.19 bits per heavy atom. The third kappa shape index (κ3) is 3.55. The summed E-state index contributed by atoms with van der Waals surface area (Å²) in [4.78, 5) is 0. The summed E-state index contributed by atoms with van der Waals surface area (Å²) in [5.41, 5.74) is 3.36. The van der Waals surface area contributed by atoms with Crippen LogP contribution in [-0.4, -0.2) is 23.4 Å². The number of fused-ring (bicyclic) bond motifs is 1. The third-order valence-electron chi connectivity index (χ3n) is 6.01. The molecule has 0 amide bonds. The van der Waals surface area contributed by atoms with Gasteiger partial charge in [0.15, 0.2) is 0 Å². The molecule has 5 heteroatoms. The van der Waals surface area contributed by atoms with Gasteiger partial charge in [0, 0.05) is 17.0 Å². The summed E-state index contributed by atoms with van der Waals surface area (Å²) in [5.74, 6) is 3.38. The van der Waals surface area contributed by atoms with Crippen molar-refractivity contribution in [3.63, 3.8) is 0 Å². The Morgan fingerprint density at radius 3 is 2.54 bits per heavy atom. The Kier molecular flexibility index (Phi) is 5.35. The first kappa shape index (κ1) is 18.0. The number of benzene rings is 1. The summed E-state index contributed by atoms with van der Waals surface area (Å²) >= 11 is 6.23. The maximum Gasteiger partial charge on any atom is 0.145 e. The molecule has 0 bridgehead atoms. The highest BCUT2D eigenvalue weighted by atomic mass is 35.5. The van der Waals surface area contributed by atoms with Gasteiger partial charge < -0.3 is 14.9 Å².